The number of rotatable bonds is 2. The third-order valence-electron chi connectivity index (χ3n) is 3.37. The second kappa shape index (κ2) is 3.70. The Balaban J connectivity index is 2.02. The summed E-state index contributed by atoms with van der Waals surface area (Å²) in [5.41, 5.74) is 7.70. The lowest BCUT2D eigenvalue weighted by Crippen LogP contribution is -2.30. The average Bonchev–Trinajstić information content (AvgIpc) is 2.86. The molecular formula is C12H16N4O. The highest BCUT2D eigenvalue weighted by Crippen LogP contribution is 2.29. The van der Waals surface area contributed by atoms with E-state index in [1.165, 1.54) is 0 Å². The van der Waals surface area contributed by atoms with Crippen LogP contribution in [0.25, 0.3) is 11.0 Å². The Morgan fingerprint density at radius 3 is 3.24 bits per heavy atom. The van der Waals surface area contributed by atoms with Gasteiger partial charge >= 0.3 is 0 Å². The molecule has 0 spiro atoms. The normalized spacial score (nSPS) is 24.5. The molecule has 2 N–H and O–H groups in total. The van der Waals surface area contributed by atoms with E-state index in [4.69, 9.17) is 10.5 Å². The number of nitrogen functional groups attached to an aromatic ring is 1. The first-order valence-electron chi connectivity index (χ1n) is 5.88. The molecule has 0 aliphatic carbocycles. The molecule has 90 valence electrons. The number of ether oxygens (including phenoxy) is 1. The third-order valence-corrected chi connectivity index (χ3v) is 3.37. The van der Waals surface area contributed by atoms with Crippen LogP contribution < -0.4 is 5.73 Å². The van der Waals surface area contributed by atoms with Crippen LogP contribution in [-0.4, -0.2) is 26.7 Å². The van der Waals surface area contributed by atoms with Crippen molar-refractivity contribution in [3.63, 3.8) is 0 Å². The number of hydrogen-bond donors (Lipinski definition) is 1. The summed E-state index contributed by atoms with van der Waals surface area (Å²) in [5.74, 6) is 0.532. The molecule has 1 saturated heterocycles. The first-order chi connectivity index (χ1) is 8.18. The maximum Gasteiger partial charge on any atom is 0.201 e. The van der Waals surface area contributed by atoms with E-state index in [0.29, 0.717) is 5.95 Å². The van der Waals surface area contributed by atoms with Crippen molar-refractivity contribution in [1.82, 2.24) is 14.5 Å². The SMILES string of the molecule is CC1(Cn2c(N)nc3cnccc32)CCCO1. The highest BCUT2D eigenvalue weighted by atomic mass is 16.5. The number of anilines is 1. The van der Waals surface area contributed by atoms with Gasteiger partial charge in [0.1, 0.15) is 5.52 Å². The lowest BCUT2D eigenvalue weighted by atomic mass is 10.0. The Kier molecular flexibility index (Phi) is 2.29. The summed E-state index contributed by atoms with van der Waals surface area (Å²) in [6.45, 7) is 3.72. The molecule has 3 rings (SSSR count). The summed E-state index contributed by atoms with van der Waals surface area (Å²) in [7, 11) is 0. The average molecular weight is 232 g/mol. The number of fused-ring (bicyclic) bond motifs is 1. The van der Waals surface area contributed by atoms with Gasteiger partial charge in [-0.25, -0.2) is 4.98 Å². The Bertz CT molecular complexity index is 542. The molecule has 0 saturated carbocycles. The zero-order chi connectivity index (χ0) is 11.9. The van der Waals surface area contributed by atoms with Gasteiger partial charge in [0, 0.05) is 12.8 Å². The van der Waals surface area contributed by atoms with Gasteiger partial charge in [-0.15, -0.1) is 0 Å². The van der Waals surface area contributed by atoms with Gasteiger partial charge in [0.25, 0.3) is 0 Å². The molecular weight excluding hydrogens is 216 g/mol. The Hall–Kier alpha value is -1.62. The highest BCUT2D eigenvalue weighted by Gasteiger charge is 2.31. The third kappa shape index (κ3) is 1.76. The summed E-state index contributed by atoms with van der Waals surface area (Å²) >= 11 is 0. The van der Waals surface area contributed by atoms with Gasteiger partial charge < -0.3 is 15.0 Å². The van der Waals surface area contributed by atoms with Crippen LogP contribution in [0.3, 0.4) is 0 Å². The first kappa shape index (κ1) is 10.5. The van der Waals surface area contributed by atoms with Gasteiger partial charge in [-0.05, 0) is 25.8 Å². The number of hydrogen-bond acceptors (Lipinski definition) is 4. The second-order valence-electron chi connectivity index (χ2n) is 4.82. The molecule has 17 heavy (non-hydrogen) atoms. The molecule has 5 nitrogen and oxygen atoms in total. The van der Waals surface area contributed by atoms with Crippen molar-refractivity contribution in [2.45, 2.75) is 31.9 Å². The van der Waals surface area contributed by atoms with Crippen LogP contribution >= 0.6 is 0 Å². The standard InChI is InChI=1S/C12H16N4O/c1-12(4-2-6-17-12)8-16-10-3-5-14-7-9(10)15-11(16)13/h3,5,7H,2,4,6,8H2,1H3,(H2,13,15). The van der Waals surface area contributed by atoms with Crippen molar-refractivity contribution < 1.29 is 4.74 Å². The van der Waals surface area contributed by atoms with Crippen molar-refractivity contribution in [2.75, 3.05) is 12.3 Å². The molecule has 3 heterocycles. The van der Waals surface area contributed by atoms with E-state index < -0.39 is 0 Å². The van der Waals surface area contributed by atoms with Crippen molar-refractivity contribution in [2.24, 2.45) is 0 Å². The molecule has 2 aromatic heterocycles. The van der Waals surface area contributed by atoms with Gasteiger partial charge in [0.2, 0.25) is 5.95 Å². The molecule has 0 aromatic carbocycles. The smallest absolute Gasteiger partial charge is 0.201 e. The minimum absolute atomic E-state index is 0.120. The monoisotopic (exact) mass is 232 g/mol. The van der Waals surface area contributed by atoms with E-state index in [-0.39, 0.29) is 5.60 Å². The van der Waals surface area contributed by atoms with Crippen LogP contribution in [0, 0.1) is 0 Å². The maximum absolute atomic E-state index is 5.96. The van der Waals surface area contributed by atoms with Crippen LogP contribution in [0.5, 0.6) is 0 Å². The Labute approximate surface area is 99.6 Å². The first-order valence-corrected chi connectivity index (χ1v) is 5.88. The molecule has 1 atom stereocenters. The molecule has 0 amide bonds. The highest BCUT2D eigenvalue weighted by molar-refractivity contribution is 5.77. The lowest BCUT2D eigenvalue weighted by molar-refractivity contribution is 0.00750. The van der Waals surface area contributed by atoms with Crippen LogP contribution in [0.2, 0.25) is 0 Å². The number of imidazole rings is 1. The van der Waals surface area contributed by atoms with Crippen LogP contribution in [0.4, 0.5) is 5.95 Å². The van der Waals surface area contributed by atoms with E-state index in [9.17, 15) is 0 Å². The molecule has 5 heteroatoms. The fourth-order valence-electron chi connectivity index (χ4n) is 2.46. The van der Waals surface area contributed by atoms with Gasteiger partial charge in [-0.1, -0.05) is 0 Å². The van der Waals surface area contributed by atoms with Crippen LogP contribution in [0.1, 0.15) is 19.8 Å². The van der Waals surface area contributed by atoms with Gasteiger partial charge in [0.15, 0.2) is 0 Å². The van der Waals surface area contributed by atoms with E-state index in [2.05, 4.69) is 16.9 Å². The maximum atomic E-state index is 5.96. The van der Waals surface area contributed by atoms with E-state index in [1.54, 1.807) is 12.4 Å². The van der Waals surface area contributed by atoms with E-state index in [1.807, 2.05) is 10.6 Å². The zero-order valence-electron chi connectivity index (χ0n) is 9.89. The molecule has 1 fully saturated rings. The minimum Gasteiger partial charge on any atom is -0.373 e. The quantitative estimate of drug-likeness (QED) is 0.853. The van der Waals surface area contributed by atoms with Crippen LogP contribution in [-0.2, 0) is 11.3 Å². The van der Waals surface area contributed by atoms with Gasteiger partial charge in [-0.3, -0.25) is 4.98 Å². The fourth-order valence-corrected chi connectivity index (χ4v) is 2.46. The summed E-state index contributed by atoms with van der Waals surface area (Å²) in [6, 6.07) is 1.94. The van der Waals surface area contributed by atoms with Gasteiger partial charge in [0.05, 0.1) is 23.9 Å². The predicted molar refractivity (Wildman–Crippen MR) is 65.5 cm³/mol. The topological polar surface area (TPSA) is 66.0 Å². The summed E-state index contributed by atoms with van der Waals surface area (Å²) in [4.78, 5) is 8.36. The van der Waals surface area contributed by atoms with E-state index in [0.717, 1.165) is 37.0 Å². The second-order valence-corrected chi connectivity index (χ2v) is 4.82. The largest absolute Gasteiger partial charge is 0.373 e. The Morgan fingerprint density at radius 1 is 1.59 bits per heavy atom. The molecule has 0 radical (unpaired) electrons. The fraction of sp³-hybridized carbons (Fsp3) is 0.500. The Morgan fingerprint density at radius 2 is 2.47 bits per heavy atom. The van der Waals surface area contributed by atoms with E-state index >= 15 is 0 Å². The predicted octanol–water partition coefficient (Wildman–Crippen LogP) is 1.58. The lowest BCUT2D eigenvalue weighted by Gasteiger charge is -2.24. The molecule has 1 unspecified atom stereocenters. The number of nitrogens with zero attached hydrogens (tertiary/aromatic N) is 3. The summed E-state index contributed by atoms with van der Waals surface area (Å²) in [6.07, 6.45) is 5.68. The number of aromatic nitrogens is 3. The molecule has 0 bridgehead atoms. The molecule has 1 aliphatic heterocycles. The zero-order valence-corrected chi connectivity index (χ0v) is 9.89. The van der Waals surface area contributed by atoms with Crippen LogP contribution in [0.15, 0.2) is 18.5 Å². The van der Waals surface area contributed by atoms with Crippen molar-refractivity contribution >= 4 is 17.0 Å². The number of nitrogens with two attached hydrogens (primary N) is 1. The molecule has 2 aromatic rings. The minimum atomic E-state index is -0.120. The summed E-state index contributed by atoms with van der Waals surface area (Å²) < 4.78 is 7.81. The van der Waals surface area contributed by atoms with Gasteiger partial charge in [-0.2, -0.15) is 0 Å². The molecule has 1 aliphatic rings. The van der Waals surface area contributed by atoms with Crippen molar-refractivity contribution in [1.29, 1.82) is 0 Å². The van der Waals surface area contributed by atoms with Crippen molar-refractivity contribution in [3.05, 3.63) is 18.5 Å². The van der Waals surface area contributed by atoms with Crippen molar-refractivity contribution in [3.8, 4) is 0 Å². The summed E-state index contributed by atoms with van der Waals surface area (Å²) in [5, 5.41) is 0. The number of pyridine rings is 1.